The predicted molar refractivity (Wildman–Crippen MR) is 142 cm³/mol. The first kappa shape index (κ1) is 25.9. The maximum atomic E-state index is 13.6. The van der Waals surface area contributed by atoms with Crippen molar-refractivity contribution >= 4 is 59.4 Å². The molecule has 0 aliphatic heterocycles. The minimum atomic E-state index is -4.58. The van der Waals surface area contributed by atoms with E-state index in [4.69, 9.17) is 11.5 Å². The molecule has 0 aliphatic carbocycles. The lowest BCUT2D eigenvalue weighted by Crippen LogP contribution is -2.30. The number of phenolic OH excluding ortho intramolecular Hbond substituents is 1. The molecule has 4 aromatic carbocycles. The number of fused-ring (bicyclic) bond motifs is 1. The number of nitrogens with zero attached hydrogens (tertiary/aromatic N) is 3. The van der Waals surface area contributed by atoms with Gasteiger partial charge in [-0.25, -0.2) is 8.42 Å². The molecule has 0 unspecified atom stereocenters. The summed E-state index contributed by atoms with van der Waals surface area (Å²) in [7, 11) is -8.70. The lowest BCUT2D eigenvalue weighted by atomic mass is 10.1. The van der Waals surface area contributed by atoms with Gasteiger partial charge in [-0.1, -0.05) is 24.3 Å². The van der Waals surface area contributed by atoms with E-state index in [2.05, 4.69) is 10.2 Å². The number of benzene rings is 4. The third kappa shape index (κ3) is 5.05. The van der Waals surface area contributed by atoms with Crippen LogP contribution in [0.3, 0.4) is 0 Å². The van der Waals surface area contributed by atoms with Gasteiger partial charge >= 0.3 is 0 Å². The minimum Gasteiger partial charge on any atom is -0.507 e. The number of para-hydroxylation sites is 1. The molecule has 0 fully saturated rings. The third-order valence-electron chi connectivity index (χ3n) is 5.51. The summed E-state index contributed by atoms with van der Waals surface area (Å²) >= 11 is 0. The van der Waals surface area contributed by atoms with Gasteiger partial charge in [0.15, 0.2) is 0 Å². The molecule has 0 atom stereocenters. The molecule has 6 N–H and O–H groups in total. The van der Waals surface area contributed by atoms with Crippen molar-refractivity contribution in [3.05, 3.63) is 72.8 Å². The quantitative estimate of drug-likeness (QED) is 0.148. The monoisotopic (exact) mass is 541 g/mol. The van der Waals surface area contributed by atoms with Gasteiger partial charge in [0.05, 0.1) is 21.7 Å². The lowest BCUT2D eigenvalue weighted by molar-refractivity contribution is 0.471. The van der Waals surface area contributed by atoms with E-state index >= 15 is 0 Å². The third-order valence-corrected chi connectivity index (χ3v) is 8.28. The van der Waals surface area contributed by atoms with Gasteiger partial charge in [-0.05, 0) is 54.8 Å². The number of hydrogen-bond acceptors (Lipinski definition) is 9. The summed E-state index contributed by atoms with van der Waals surface area (Å²) in [6.07, 6.45) is 0. The zero-order valence-electron chi connectivity index (χ0n) is 19.5. The van der Waals surface area contributed by atoms with Crippen molar-refractivity contribution in [2.45, 2.75) is 16.7 Å². The Balaban J connectivity index is 1.87. The van der Waals surface area contributed by atoms with Crippen LogP contribution in [0, 0.1) is 0 Å². The Labute approximate surface area is 213 Å². The summed E-state index contributed by atoms with van der Waals surface area (Å²) in [5.41, 5.74) is 12.6. The van der Waals surface area contributed by atoms with E-state index in [0.29, 0.717) is 5.69 Å². The first-order valence-corrected chi connectivity index (χ1v) is 13.7. The van der Waals surface area contributed by atoms with Gasteiger partial charge in [-0.3, -0.25) is 8.86 Å². The summed E-state index contributed by atoms with van der Waals surface area (Å²) in [6.45, 7) is 1.83. The smallest absolute Gasteiger partial charge is 0.294 e. The van der Waals surface area contributed by atoms with Crippen LogP contribution in [0.15, 0.2) is 92.8 Å². The van der Waals surface area contributed by atoms with Crippen molar-refractivity contribution in [3.8, 4) is 5.75 Å². The Bertz CT molecular complexity index is 1740. The first-order chi connectivity index (χ1) is 17.4. The number of sulfonamides is 1. The Morgan fingerprint density at radius 1 is 0.892 bits per heavy atom. The fourth-order valence-electron chi connectivity index (χ4n) is 3.80. The maximum absolute atomic E-state index is 13.6. The highest BCUT2D eigenvalue weighted by atomic mass is 32.2. The molecule has 11 nitrogen and oxygen atoms in total. The fourth-order valence-corrected chi connectivity index (χ4v) is 5.97. The predicted octanol–water partition coefficient (Wildman–Crippen LogP) is 4.59. The van der Waals surface area contributed by atoms with Crippen LogP contribution < -0.4 is 15.8 Å². The molecule has 37 heavy (non-hydrogen) atoms. The molecular formula is C24H23N5O6S2. The second-order valence-corrected chi connectivity index (χ2v) is 11.2. The Kier molecular flexibility index (Phi) is 6.78. The summed E-state index contributed by atoms with van der Waals surface area (Å²) < 4.78 is 60.9. The van der Waals surface area contributed by atoms with Crippen molar-refractivity contribution < 1.29 is 26.5 Å². The molecule has 0 aromatic heterocycles. The van der Waals surface area contributed by atoms with Gasteiger partial charge in [0.25, 0.3) is 20.1 Å². The van der Waals surface area contributed by atoms with Crippen molar-refractivity contribution in [3.63, 3.8) is 0 Å². The van der Waals surface area contributed by atoms with E-state index in [1.54, 1.807) is 37.3 Å². The van der Waals surface area contributed by atoms with E-state index < -0.39 is 30.8 Å². The van der Waals surface area contributed by atoms with Gasteiger partial charge in [0.2, 0.25) is 0 Å². The van der Waals surface area contributed by atoms with Crippen molar-refractivity contribution in [1.82, 2.24) is 0 Å². The van der Waals surface area contributed by atoms with E-state index in [-0.39, 0.29) is 45.0 Å². The second-order valence-electron chi connectivity index (χ2n) is 7.95. The molecule has 0 saturated heterocycles. The number of nitrogens with two attached hydrogens (primary N) is 2. The highest BCUT2D eigenvalue weighted by Gasteiger charge is 2.27. The lowest BCUT2D eigenvalue weighted by Gasteiger charge is -2.23. The van der Waals surface area contributed by atoms with Crippen molar-refractivity contribution in [1.29, 1.82) is 0 Å². The van der Waals surface area contributed by atoms with Gasteiger partial charge in [0, 0.05) is 18.3 Å². The SMILES string of the molecule is CCN(c1ccccc1)S(=O)(=O)c1cc(N)ccc1N=Nc1c(N)ccc2cc(S(=O)(=O)O)cc(O)c12. The summed E-state index contributed by atoms with van der Waals surface area (Å²) in [6, 6.07) is 17.5. The summed E-state index contributed by atoms with van der Waals surface area (Å²) in [5.74, 6) is -0.516. The molecule has 0 saturated carbocycles. The largest absolute Gasteiger partial charge is 0.507 e. The van der Waals surface area contributed by atoms with Crippen LogP contribution in [0.2, 0.25) is 0 Å². The average Bonchev–Trinajstić information content (AvgIpc) is 2.84. The average molecular weight is 542 g/mol. The van der Waals surface area contributed by atoms with Crippen LogP contribution >= 0.6 is 0 Å². The topological polar surface area (TPSA) is 189 Å². The summed E-state index contributed by atoms with van der Waals surface area (Å²) in [4.78, 5) is -0.712. The van der Waals surface area contributed by atoms with E-state index in [0.717, 1.165) is 12.1 Å². The van der Waals surface area contributed by atoms with Crippen LogP contribution in [-0.4, -0.2) is 33.0 Å². The minimum absolute atomic E-state index is 0.0209. The number of nitrogen functional groups attached to an aromatic ring is 2. The van der Waals surface area contributed by atoms with Crippen molar-refractivity contribution in [2.24, 2.45) is 10.2 Å². The summed E-state index contributed by atoms with van der Waals surface area (Å²) in [5, 5.41) is 19.0. The molecular weight excluding hydrogens is 518 g/mol. The first-order valence-electron chi connectivity index (χ1n) is 10.8. The van der Waals surface area contributed by atoms with Crippen LogP contribution in [0.25, 0.3) is 10.8 Å². The normalized spacial score (nSPS) is 12.3. The number of aromatic hydroxyl groups is 1. The number of rotatable bonds is 7. The number of anilines is 3. The Hall–Kier alpha value is -4.20. The van der Waals surface area contributed by atoms with Crippen LogP contribution in [-0.2, 0) is 20.1 Å². The molecule has 0 aliphatic rings. The molecule has 0 heterocycles. The molecule has 0 spiro atoms. The Morgan fingerprint density at radius 3 is 2.24 bits per heavy atom. The number of hydrogen-bond donors (Lipinski definition) is 4. The fraction of sp³-hybridized carbons (Fsp3) is 0.0833. The molecule has 13 heteroatoms. The second kappa shape index (κ2) is 9.69. The van der Waals surface area contributed by atoms with E-state index in [1.807, 2.05) is 0 Å². The Morgan fingerprint density at radius 2 is 1.59 bits per heavy atom. The zero-order valence-corrected chi connectivity index (χ0v) is 21.1. The molecule has 0 bridgehead atoms. The van der Waals surface area contributed by atoms with Gasteiger partial charge in [-0.2, -0.15) is 8.42 Å². The number of azo groups is 1. The van der Waals surface area contributed by atoms with Crippen LogP contribution in [0.1, 0.15) is 6.92 Å². The van der Waals surface area contributed by atoms with Gasteiger partial charge in [-0.15, -0.1) is 10.2 Å². The van der Waals surface area contributed by atoms with E-state index in [1.165, 1.54) is 34.6 Å². The molecule has 4 aromatic rings. The van der Waals surface area contributed by atoms with Gasteiger partial charge < -0.3 is 16.6 Å². The zero-order chi connectivity index (χ0) is 27.0. The molecule has 0 radical (unpaired) electrons. The molecule has 192 valence electrons. The highest BCUT2D eigenvalue weighted by molar-refractivity contribution is 7.93. The highest BCUT2D eigenvalue weighted by Crippen LogP contribution is 2.41. The van der Waals surface area contributed by atoms with Crippen LogP contribution in [0.4, 0.5) is 28.4 Å². The van der Waals surface area contributed by atoms with Crippen LogP contribution in [0.5, 0.6) is 5.75 Å². The van der Waals surface area contributed by atoms with Gasteiger partial charge in [0.1, 0.15) is 22.0 Å². The maximum Gasteiger partial charge on any atom is 0.294 e. The molecule has 0 amide bonds. The number of phenols is 1. The van der Waals surface area contributed by atoms with E-state index in [9.17, 15) is 26.5 Å². The van der Waals surface area contributed by atoms with Crippen molar-refractivity contribution in [2.75, 3.05) is 22.3 Å². The standard InChI is InChI=1S/C24H23N5O6S2/c1-2-29(17-6-4-3-5-7-17)36(31,32)22-13-16(25)9-11-20(22)27-28-24-19(26)10-8-15-12-18(37(33,34)35)14-21(30)23(15)24/h3-14,30H,2,25-26H2,1H3,(H,33,34,35). The molecule has 4 rings (SSSR count).